The standard InChI is InChI=1S/C26H23N5O/c27-18-23-26(32-25(29-23)22-12-7-13-28-19-22)31-16-14-30(15-17-31)24(20-8-3-1-4-9-20)21-10-5-2-6-11-21/h1-13,19,24H,14-17H2. The highest BCUT2D eigenvalue weighted by Crippen LogP contribution is 2.32. The molecule has 0 radical (unpaired) electrons. The van der Waals surface area contributed by atoms with E-state index in [1.54, 1.807) is 12.4 Å². The molecule has 0 atom stereocenters. The summed E-state index contributed by atoms with van der Waals surface area (Å²) < 4.78 is 6.03. The van der Waals surface area contributed by atoms with E-state index in [0.29, 0.717) is 17.5 Å². The fraction of sp³-hybridized carbons (Fsp3) is 0.192. The summed E-state index contributed by atoms with van der Waals surface area (Å²) in [4.78, 5) is 13.1. The molecule has 2 aromatic heterocycles. The molecule has 1 fully saturated rings. The molecule has 0 saturated carbocycles. The van der Waals surface area contributed by atoms with Crippen LogP contribution in [0.15, 0.2) is 89.6 Å². The maximum absolute atomic E-state index is 9.62. The normalized spacial score (nSPS) is 14.4. The van der Waals surface area contributed by atoms with Crippen molar-refractivity contribution < 1.29 is 4.42 Å². The van der Waals surface area contributed by atoms with E-state index >= 15 is 0 Å². The minimum absolute atomic E-state index is 0.190. The molecule has 0 unspecified atom stereocenters. The SMILES string of the molecule is N#Cc1nc(-c2cccnc2)oc1N1CCN(C(c2ccccc2)c2ccccc2)CC1. The number of nitriles is 1. The van der Waals surface area contributed by atoms with Crippen LogP contribution in [0.5, 0.6) is 0 Å². The van der Waals surface area contributed by atoms with Crippen molar-refractivity contribution in [2.75, 3.05) is 31.1 Å². The lowest BCUT2D eigenvalue weighted by Crippen LogP contribution is -2.48. The van der Waals surface area contributed by atoms with Gasteiger partial charge in [-0.2, -0.15) is 10.2 Å². The zero-order valence-corrected chi connectivity index (χ0v) is 17.6. The largest absolute Gasteiger partial charge is 0.419 e. The van der Waals surface area contributed by atoms with Gasteiger partial charge in [-0.15, -0.1) is 0 Å². The molecule has 0 N–H and O–H groups in total. The molecule has 4 aromatic rings. The third kappa shape index (κ3) is 3.98. The summed E-state index contributed by atoms with van der Waals surface area (Å²) in [5.41, 5.74) is 3.65. The number of hydrogen-bond donors (Lipinski definition) is 0. The monoisotopic (exact) mass is 421 g/mol. The van der Waals surface area contributed by atoms with Crippen LogP contribution < -0.4 is 4.90 Å². The lowest BCUT2D eigenvalue weighted by molar-refractivity contribution is 0.209. The molecule has 1 aliphatic rings. The highest BCUT2D eigenvalue weighted by Gasteiger charge is 2.29. The molecule has 1 aliphatic heterocycles. The van der Waals surface area contributed by atoms with Crippen LogP contribution in [0.1, 0.15) is 22.9 Å². The highest BCUT2D eigenvalue weighted by molar-refractivity contribution is 5.58. The van der Waals surface area contributed by atoms with Crippen molar-refractivity contribution in [1.29, 1.82) is 5.26 Å². The van der Waals surface area contributed by atoms with Crippen LogP contribution in [0.3, 0.4) is 0 Å². The first-order valence-electron chi connectivity index (χ1n) is 10.7. The number of hydrogen-bond acceptors (Lipinski definition) is 6. The van der Waals surface area contributed by atoms with Crippen molar-refractivity contribution in [2.45, 2.75) is 6.04 Å². The van der Waals surface area contributed by atoms with Crippen molar-refractivity contribution >= 4 is 5.88 Å². The number of anilines is 1. The predicted molar refractivity (Wildman–Crippen MR) is 123 cm³/mol. The Morgan fingerprint density at radius 1 is 0.844 bits per heavy atom. The molecule has 2 aromatic carbocycles. The van der Waals surface area contributed by atoms with Crippen LogP contribution >= 0.6 is 0 Å². The third-order valence-corrected chi connectivity index (χ3v) is 5.82. The van der Waals surface area contributed by atoms with E-state index < -0.39 is 0 Å². The van der Waals surface area contributed by atoms with E-state index in [4.69, 9.17) is 4.42 Å². The lowest BCUT2D eigenvalue weighted by atomic mass is 9.96. The van der Waals surface area contributed by atoms with Gasteiger partial charge in [0.2, 0.25) is 17.5 Å². The van der Waals surface area contributed by atoms with Gasteiger partial charge in [-0.1, -0.05) is 60.7 Å². The molecule has 158 valence electrons. The Kier molecular flexibility index (Phi) is 5.65. The number of aromatic nitrogens is 2. The van der Waals surface area contributed by atoms with Crippen molar-refractivity contribution in [3.05, 3.63) is 102 Å². The van der Waals surface area contributed by atoms with Gasteiger partial charge in [0.15, 0.2) is 0 Å². The van der Waals surface area contributed by atoms with Crippen molar-refractivity contribution in [3.8, 4) is 17.5 Å². The van der Waals surface area contributed by atoms with Gasteiger partial charge in [-0.05, 0) is 23.3 Å². The van der Waals surface area contributed by atoms with E-state index in [1.165, 1.54) is 11.1 Å². The Hall–Kier alpha value is -3.95. The average molecular weight is 422 g/mol. The summed E-state index contributed by atoms with van der Waals surface area (Å²) >= 11 is 0. The van der Waals surface area contributed by atoms with E-state index in [2.05, 4.69) is 86.5 Å². The molecule has 0 aliphatic carbocycles. The lowest BCUT2D eigenvalue weighted by Gasteiger charge is -2.39. The number of nitrogens with zero attached hydrogens (tertiary/aromatic N) is 5. The Morgan fingerprint density at radius 2 is 1.50 bits per heavy atom. The second-order valence-electron chi connectivity index (χ2n) is 7.77. The Bertz CT molecular complexity index is 1150. The predicted octanol–water partition coefficient (Wildman–Crippen LogP) is 4.52. The average Bonchev–Trinajstić information content (AvgIpc) is 3.31. The van der Waals surface area contributed by atoms with Gasteiger partial charge in [-0.3, -0.25) is 9.88 Å². The first-order chi connectivity index (χ1) is 15.8. The maximum atomic E-state index is 9.62. The van der Waals surface area contributed by atoms with Gasteiger partial charge < -0.3 is 9.32 Å². The molecular weight excluding hydrogens is 398 g/mol. The van der Waals surface area contributed by atoms with Crippen LogP contribution in [0, 0.1) is 11.3 Å². The molecule has 0 bridgehead atoms. The topological polar surface area (TPSA) is 69.2 Å². The van der Waals surface area contributed by atoms with E-state index in [0.717, 1.165) is 31.7 Å². The molecule has 32 heavy (non-hydrogen) atoms. The molecule has 6 heteroatoms. The molecule has 1 saturated heterocycles. The zero-order valence-electron chi connectivity index (χ0n) is 17.6. The first-order valence-corrected chi connectivity index (χ1v) is 10.7. The Labute approximate surface area is 187 Å². The first kappa shape index (κ1) is 20.0. The number of oxazole rings is 1. The molecular formula is C26H23N5O. The van der Waals surface area contributed by atoms with Crippen molar-refractivity contribution in [2.24, 2.45) is 0 Å². The summed E-state index contributed by atoms with van der Waals surface area (Å²) in [7, 11) is 0. The van der Waals surface area contributed by atoms with Crippen LogP contribution in [0.4, 0.5) is 5.88 Å². The number of rotatable bonds is 5. The zero-order chi connectivity index (χ0) is 21.8. The van der Waals surface area contributed by atoms with Crippen molar-refractivity contribution in [3.63, 3.8) is 0 Å². The van der Waals surface area contributed by atoms with Gasteiger partial charge in [0.1, 0.15) is 6.07 Å². The van der Waals surface area contributed by atoms with Crippen LogP contribution in [-0.2, 0) is 0 Å². The molecule has 3 heterocycles. The van der Waals surface area contributed by atoms with Gasteiger partial charge in [0.25, 0.3) is 0 Å². The molecule has 6 nitrogen and oxygen atoms in total. The van der Waals surface area contributed by atoms with Gasteiger partial charge >= 0.3 is 0 Å². The molecule has 0 spiro atoms. The van der Waals surface area contributed by atoms with E-state index in [-0.39, 0.29) is 6.04 Å². The number of piperazine rings is 1. The van der Waals surface area contributed by atoms with Gasteiger partial charge in [-0.25, -0.2) is 0 Å². The fourth-order valence-corrected chi connectivity index (χ4v) is 4.28. The van der Waals surface area contributed by atoms with Gasteiger partial charge in [0.05, 0.1) is 11.6 Å². The second-order valence-corrected chi connectivity index (χ2v) is 7.77. The second kappa shape index (κ2) is 9.04. The maximum Gasteiger partial charge on any atom is 0.235 e. The fourth-order valence-electron chi connectivity index (χ4n) is 4.28. The minimum atomic E-state index is 0.190. The Balaban J connectivity index is 1.38. The quantitative estimate of drug-likeness (QED) is 0.472. The highest BCUT2D eigenvalue weighted by atomic mass is 16.4. The summed E-state index contributed by atoms with van der Waals surface area (Å²) in [5, 5.41) is 9.62. The summed E-state index contributed by atoms with van der Waals surface area (Å²) in [6.07, 6.45) is 3.40. The van der Waals surface area contributed by atoms with Gasteiger partial charge in [0, 0.05) is 38.6 Å². The summed E-state index contributed by atoms with van der Waals surface area (Å²) in [6.45, 7) is 3.21. The van der Waals surface area contributed by atoms with Crippen molar-refractivity contribution in [1.82, 2.24) is 14.9 Å². The van der Waals surface area contributed by atoms with Crippen LogP contribution in [-0.4, -0.2) is 41.0 Å². The Morgan fingerprint density at radius 3 is 2.06 bits per heavy atom. The number of pyridine rings is 1. The third-order valence-electron chi connectivity index (χ3n) is 5.82. The van der Waals surface area contributed by atoms with Crippen LogP contribution in [0.2, 0.25) is 0 Å². The van der Waals surface area contributed by atoms with Crippen LogP contribution in [0.25, 0.3) is 11.5 Å². The smallest absolute Gasteiger partial charge is 0.235 e. The minimum Gasteiger partial charge on any atom is -0.419 e. The molecule has 5 rings (SSSR count). The van der Waals surface area contributed by atoms with E-state index in [1.807, 2.05) is 12.1 Å². The summed E-state index contributed by atoms with van der Waals surface area (Å²) in [5.74, 6) is 0.973. The number of benzene rings is 2. The molecule has 0 amide bonds. The summed E-state index contributed by atoms with van der Waals surface area (Å²) in [6, 6.07) is 27.3. The van der Waals surface area contributed by atoms with E-state index in [9.17, 15) is 5.26 Å².